The first-order valence-corrected chi connectivity index (χ1v) is 26.7. The number of esters is 2. The second-order valence-electron chi connectivity index (χ2n) is 18.8. The van der Waals surface area contributed by atoms with Gasteiger partial charge in [0.1, 0.15) is 13.2 Å². The van der Waals surface area contributed by atoms with Gasteiger partial charge >= 0.3 is 11.9 Å². The molecule has 0 N–H and O–H groups in total. The molecule has 2 unspecified atom stereocenters. The molecule has 0 heterocycles. The molecular weight excluding hydrogens is 839 g/mol. The van der Waals surface area contributed by atoms with Gasteiger partial charge in [0.15, 0.2) is 12.4 Å². The van der Waals surface area contributed by atoms with Crippen LogP contribution in [-0.2, 0) is 33.3 Å². The fraction of sp³-hybridized carbons (Fsp3) is 0.707. The molecule has 2 atom stereocenters. The minimum Gasteiger partial charge on any atom is -0.545 e. The average molecular weight is 938 g/mol. The standard InChI is InChI=1S/C58H99NO8/c1-6-8-10-12-14-16-18-20-22-24-25-26-27-28-29-30-31-33-35-37-39-41-43-45-47-49-56(61)67-54(53-66-58(57(62)63)64-51-50-59(3,4)5)52-65-55(60)48-46-44-42-40-38-36-34-32-23-21-19-17-15-13-11-9-7-2/h8,10,14,16,20,22,25-26,28-29,31,33,37,39,54,58H,6-7,9,11-13,15,17-19,21,23-24,27,30,32,34-36,38,40-53H2,1-5H3/b10-8-,16-14-,22-20-,26-25-,29-28-,33-31-,39-37-. The van der Waals surface area contributed by atoms with E-state index in [0.717, 1.165) is 83.5 Å². The van der Waals surface area contributed by atoms with Crippen LogP contribution in [0.15, 0.2) is 85.1 Å². The number of carboxylic acids is 1. The Kier molecular flexibility index (Phi) is 46.3. The summed E-state index contributed by atoms with van der Waals surface area (Å²) in [6.45, 7) is 4.59. The fourth-order valence-electron chi connectivity index (χ4n) is 7.04. The highest BCUT2D eigenvalue weighted by molar-refractivity contribution is 5.70. The molecule has 0 spiro atoms. The Labute approximate surface area is 410 Å². The van der Waals surface area contributed by atoms with E-state index in [-0.39, 0.29) is 38.6 Å². The van der Waals surface area contributed by atoms with Crippen LogP contribution in [0.1, 0.15) is 206 Å². The van der Waals surface area contributed by atoms with Crippen LogP contribution >= 0.6 is 0 Å². The number of quaternary nitrogens is 1. The topological polar surface area (TPSA) is 111 Å². The molecule has 0 aromatic carbocycles. The minimum atomic E-state index is -1.63. The van der Waals surface area contributed by atoms with Crippen LogP contribution in [0.4, 0.5) is 0 Å². The molecule has 0 fully saturated rings. The Balaban J connectivity index is 4.40. The summed E-state index contributed by atoms with van der Waals surface area (Å²) in [6, 6.07) is 0. The second kappa shape index (κ2) is 48.9. The van der Waals surface area contributed by atoms with Crippen molar-refractivity contribution in [2.45, 2.75) is 219 Å². The van der Waals surface area contributed by atoms with E-state index < -0.39 is 24.3 Å². The van der Waals surface area contributed by atoms with Gasteiger partial charge in [0.2, 0.25) is 0 Å². The van der Waals surface area contributed by atoms with Crippen molar-refractivity contribution < 1.29 is 42.9 Å². The molecule has 0 saturated heterocycles. The van der Waals surface area contributed by atoms with Crippen LogP contribution in [0.3, 0.4) is 0 Å². The Hall–Kier alpha value is -3.53. The SMILES string of the molecule is CC/C=C\C/C=C\C/C=C\C/C=C\C/C=C\C/C=C\C/C=C\CCCCCC(=O)OC(COC(=O)CCCCCCCCCCCCCCCCCCC)COC(OCC[N+](C)(C)C)C(=O)[O-]. The number of allylic oxidation sites excluding steroid dienone is 14. The Morgan fingerprint density at radius 3 is 1.27 bits per heavy atom. The van der Waals surface area contributed by atoms with E-state index in [1.54, 1.807) is 0 Å². The third-order valence-corrected chi connectivity index (χ3v) is 11.2. The number of hydrogen-bond donors (Lipinski definition) is 0. The predicted octanol–water partition coefficient (Wildman–Crippen LogP) is 13.9. The average Bonchev–Trinajstić information content (AvgIpc) is 3.29. The number of aliphatic carboxylic acids is 1. The fourth-order valence-corrected chi connectivity index (χ4v) is 7.04. The quantitative estimate of drug-likeness (QED) is 0.0195. The monoisotopic (exact) mass is 938 g/mol. The van der Waals surface area contributed by atoms with Crippen LogP contribution in [-0.4, -0.2) is 82.3 Å². The predicted molar refractivity (Wildman–Crippen MR) is 278 cm³/mol. The first-order chi connectivity index (χ1) is 32.6. The van der Waals surface area contributed by atoms with Crippen molar-refractivity contribution in [3.05, 3.63) is 85.1 Å². The number of likely N-dealkylation sites (N-methyl/N-ethyl adjacent to an activating group) is 1. The molecule has 0 aliphatic carbocycles. The van der Waals surface area contributed by atoms with Gasteiger partial charge in [-0.15, -0.1) is 0 Å². The summed E-state index contributed by atoms with van der Waals surface area (Å²) in [7, 11) is 5.90. The summed E-state index contributed by atoms with van der Waals surface area (Å²) in [4.78, 5) is 37.2. The highest BCUT2D eigenvalue weighted by atomic mass is 16.7. The van der Waals surface area contributed by atoms with Crippen LogP contribution in [0.25, 0.3) is 0 Å². The summed E-state index contributed by atoms with van der Waals surface area (Å²) in [5.41, 5.74) is 0. The van der Waals surface area contributed by atoms with Crippen molar-refractivity contribution in [3.63, 3.8) is 0 Å². The first-order valence-electron chi connectivity index (χ1n) is 26.7. The summed E-state index contributed by atoms with van der Waals surface area (Å²) in [6.07, 6.45) is 60.5. The van der Waals surface area contributed by atoms with Crippen molar-refractivity contribution in [2.75, 3.05) is 47.5 Å². The maximum absolute atomic E-state index is 12.8. The largest absolute Gasteiger partial charge is 0.545 e. The van der Waals surface area contributed by atoms with Crippen molar-refractivity contribution in [2.24, 2.45) is 0 Å². The van der Waals surface area contributed by atoms with Gasteiger partial charge in [-0.25, -0.2) is 0 Å². The number of carbonyl (C=O) groups excluding carboxylic acids is 3. The Morgan fingerprint density at radius 1 is 0.463 bits per heavy atom. The molecule has 0 rings (SSSR count). The number of carbonyl (C=O) groups is 3. The lowest BCUT2D eigenvalue weighted by Gasteiger charge is -2.26. The molecule has 9 nitrogen and oxygen atoms in total. The van der Waals surface area contributed by atoms with Gasteiger partial charge < -0.3 is 33.3 Å². The van der Waals surface area contributed by atoms with E-state index in [9.17, 15) is 19.5 Å². The lowest BCUT2D eigenvalue weighted by atomic mass is 10.0. The number of hydrogen-bond acceptors (Lipinski definition) is 8. The van der Waals surface area contributed by atoms with Gasteiger partial charge in [0, 0.05) is 12.8 Å². The summed E-state index contributed by atoms with van der Waals surface area (Å²) in [5, 5.41) is 11.7. The number of rotatable bonds is 48. The van der Waals surface area contributed by atoms with Gasteiger partial charge in [-0.1, -0.05) is 208 Å². The van der Waals surface area contributed by atoms with Crippen LogP contribution in [0, 0.1) is 0 Å². The third-order valence-electron chi connectivity index (χ3n) is 11.2. The van der Waals surface area contributed by atoms with Crippen molar-refractivity contribution in [1.29, 1.82) is 0 Å². The van der Waals surface area contributed by atoms with Gasteiger partial charge in [-0.2, -0.15) is 0 Å². The van der Waals surface area contributed by atoms with E-state index in [1.165, 1.54) is 89.9 Å². The zero-order chi connectivity index (χ0) is 49.2. The molecule has 67 heavy (non-hydrogen) atoms. The lowest BCUT2D eigenvalue weighted by molar-refractivity contribution is -0.870. The van der Waals surface area contributed by atoms with E-state index in [2.05, 4.69) is 98.9 Å². The van der Waals surface area contributed by atoms with Gasteiger partial charge in [-0.3, -0.25) is 9.59 Å². The molecule has 0 aliphatic rings. The number of ether oxygens (including phenoxy) is 4. The molecule has 0 saturated carbocycles. The number of nitrogens with zero attached hydrogens (tertiary/aromatic N) is 1. The number of unbranched alkanes of at least 4 members (excludes halogenated alkanes) is 19. The Bertz CT molecular complexity index is 1370. The maximum Gasteiger partial charge on any atom is 0.306 e. The molecule has 0 bridgehead atoms. The van der Waals surface area contributed by atoms with Crippen LogP contribution in [0.5, 0.6) is 0 Å². The zero-order valence-corrected chi connectivity index (χ0v) is 43.5. The first kappa shape index (κ1) is 63.5. The molecule has 9 heteroatoms. The van der Waals surface area contributed by atoms with E-state index in [0.29, 0.717) is 17.4 Å². The maximum atomic E-state index is 12.8. The van der Waals surface area contributed by atoms with E-state index in [4.69, 9.17) is 18.9 Å². The lowest BCUT2D eigenvalue weighted by Crippen LogP contribution is -2.44. The molecule has 0 aliphatic heterocycles. The van der Waals surface area contributed by atoms with Gasteiger partial charge in [0.25, 0.3) is 0 Å². The third kappa shape index (κ3) is 50.2. The number of carboxylic acid groups (broad SMARTS) is 1. The van der Waals surface area contributed by atoms with Crippen molar-refractivity contribution in [1.82, 2.24) is 0 Å². The molecule has 0 radical (unpaired) electrons. The zero-order valence-electron chi connectivity index (χ0n) is 43.5. The highest BCUT2D eigenvalue weighted by Gasteiger charge is 2.21. The van der Waals surface area contributed by atoms with Crippen molar-refractivity contribution in [3.8, 4) is 0 Å². The molecule has 0 aromatic heterocycles. The highest BCUT2D eigenvalue weighted by Crippen LogP contribution is 2.15. The summed E-state index contributed by atoms with van der Waals surface area (Å²) >= 11 is 0. The minimum absolute atomic E-state index is 0.138. The van der Waals surface area contributed by atoms with Gasteiger partial charge in [-0.05, 0) is 70.6 Å². The van der Waals surface area contributed by atoms with E-state index in [1.807, 2.05) is 21.1 Å². The van der Waals surface area contributed by atoms with Crippen LogP contribution < -0.4 is 5.11 Å². The second-order valence-corrected chi connectivity index (χ2v) is 18.8. The molecule has 0 aromatic rings. The normalized spacial score (nSPS) is 13.5. The van der Waals surface area contributed by atoms with Crippen molar-refractivity contribution >= 4 is 17.9 Å². The molecular formula is C58H99NO8. The Morgan fingerprint density at radius 2 is 0.851 bits per heavy atom. The summed E-state index contributed by atoms with van der Waals surface area (Å²) < 4.78 is 22.6. The molecule has 0 amide bonds. The van der Waals surface area contributed by atoms with E-state index >= 15 is 0 Å². The van der Waals surface area contributed by atoms with Crippen LogP contribution in [0.2, 0.25) is 0 Å². The smallest absolute Gasteiger partial charge is 0.306 e. The summed E-state index contributed by atoms with van der Waals surface area (Å²) in [5.74, 6) is -2.33. The molecule has 384 valence electrons. The van der Waals surface area contributed by atoms with Gasteiger partial charge in [0.05, 0.1) is 40.3 Å².